The van der Waals surface area contributed by atoms with E-state index in [0.717, 1.165) is 18.4 Å². The molecule has 1 atom stereocenters. The summed E-state index contributed by atoms with van der Waals surface area (Å²) in [5, 5.41) is 2.71. The van der Waals surface area contributed by atoms with Gasteiger partial charge in [-0.25, -0.2) is 13.1 Å². The first-order chi connectivity index (χ1) is 9.90. The number of nitrogens with one attached hydrogen (secondary N) is 2. The molecule has 1 unspecified atom stereocenters. The van der Waals surface area contributed by atoms with Crippen molar-refractivity contribution in [3.8, 4) is 0 Å². The summed E-state index contributed by atoms with van der Waals surface area (Å²) in [6.45, 7) is 2.31. The molecule has 2 rings (SSSR count). The predicted octanol–water partition coefficient (Wildman–Crippen LogP) is 0.511. The van der Waals surface area contributed by atoms with Crippen LogP contribution in [0.15, 0.2) is 29.2 Å². The summed E-state index contributed by atoms with van der Waals surface area (Å²) in [6, 6.07) is 6.34. The molecule has 0 spiro atoms. The quantitative estimate of drug-likeness (QED) is 0.639. The van der Waals surface area contributed by atoms with Gasteiger partial charge in [-0.3, -0.25) is 4.79 Å². The van der Waals surface area contributed by atoms with Crippen LogP contribution in [-0.4, -0.2) is 27.4 Å². The normalized spacial score (nSPS) is 16.5. The van der Waals surface area contributed by atoms with E-state index in [2.05, 4.69) is 10.0 Å². The number of benzene rings is 1. The molecule has 116 valence electrons. The van der Waals surface area contributed by atoms with Crippen molar-refractivity contribution in [1.29, 1.82) is 0 Å². The highest BCUT2D eigenvalue weighted by molar-refractivity contribution is 7.89. The van der Waals surface area contributed by atoms with Gasteiger partial charge in [-0.1, -0.05) is 12.1 Å². The Balaban J connectivity index is 1.84. The van der Waals surface area contributed by atoms with E-state index in [0.29, 0.717) is 6.54 Å². The number of carbonyl (C=O) groups excluding carboxylic acids is 1. The second-order valence-electron chi connectivity index (χ2n) is 5.32. The van der Waals surface area contributed by atoms with Crippen LogP contribution in [0.2, 0.25) is 0 Å². The zero-order chi connectivity index (χ0) is 15.5. The van der Waals surface area contributed by atoms with Crippen molar-refractivity contribution >= 4 is 15.9 Å². The highest BCUT2D eigenvalue weighted by Gasteiger charge is 2.29. The van der Waals surface area contributed by atoms with Crippen LogP contribution in [0.5, 0.6) is 0 Å². The van der Waals surface area contributed by atoms with E-state index in [9.17, 15) is 13.2 Å². The van der Waals surface area contributed by atoms with Crippen molar-refractivity contribution in [2.24, 2.45) is 11.7 Å². The van der Waals surface area contributed by atoms with Gasteiger partial charge in [0.2, 0.25) is 15.9 Å². The molecule has 1 aromatic carbocycles. The second kappa shape index (κ2) is 6.55. The molecular formula is C14H21N3O3S. The number of nitrogens with two attached hydrogens (primary N) is 1. The summed E-state index contributed by atoms with van der Waals surface area (Å²) in [4.78, 5) is 11.6. The van der Waals surface area contributed by atoms with Gasteiger partial charge in [0, 0.05) is 25.0 Å². The molecule has 0 heterocycles. The molecule has 1 fully saturated rings. The number of rotatable bonds is 7. The van der Waals surface area contributed by atoms with Gasteiger partial charge in [-0.05, 0) is 37.5 Å². The Morgan fingerprint density at radius 1 is 1.29 bits per heavy atom. The van der Waals surface area contributed by atoms with E-state index >= 15 is 0 Å². The van der Waals surface area contributed by atoms with Crippen LogP contribution in [0.25, 0.3) is 0 Å². The Morgan fingerprint density at radius 2 is 1.90 bits per heavy atom. The zero-order valence-electron chi connectivity index (χ0n) is 12.0. The van der Waals surface area contributed by atoms with Crippen LogP contribution >= 0.6 is 0 Å². The molecule has 1 saturated carbocycles. The first-order valence-electron chi connectivity index (χ1n) is 7.03. The third-order valence-corrected chi connectivity index (χ3v) is 4.86. The summed E-state index contributed by atoms with van der Waals surface area (Å²) >= 11 is 0. The van der Waals surface area contributed by atoms with Crippen molar-refractivity contribution in [2.75, 3.05) is 13.1 Å². The molecule has 6 nitrogen and oxygen atoms in total. The molecule has 0 saturated heterocycles. The minimum Gasteiger partial charge on any atom is -0.355 e. The van der Waals surface area contributed by atoms with Crippen LogP contribution in [0.4, 0.5) is 0 Å². The summed E-state index contributed by atoms with van der Waals surface area (Å²) in [5.74, 6) is 0.142. The lowest BCUT2D eigenvalue weighted by Gasteiger charge is -2.09. The molecule has 1 aliphatic rings. The molecular weight excluding hydrogens is 290 g/mol. The fraction of sp³-hybridized carbons (Fsp3) is 0.500. The largest absolute Gasteiger partial charge is 0.355 e. The number of amides is 1. The number of sulfonamides is 1. The first kappa shape index (κ1) is 15.9. The summed E-state index contributed by atoms with van der Waals surface area (Å²) < 4.78 is 26.6. The highest BCUT2D eigenvalue weighted by atomic mass is 32.2. The van der Waals surface area contributed by atoms with E-state index in [-0.39, 0.29) is 29.3 Å². The van der Waals surface area contributed by atoms with Crippen LogP contribution in [0, 0.1) is 5.92 Å². The monoisotopic (exact) mass is 311 g/mol. The maximum Gasteiger partial charge on any atom is 0.240 e. The first-order valence-corrected chi connectivity index (χ1v) is 8.51. The molecule has 1 aliphatic carbocycles. The fourth-order valence-electron chi connectivity index (χ4n) is 1.89. The fourth-order valence-corrected chi connectivity index (χ4v) is 2.93. The smallest absolute Gasteiger partial charge is 0.240 e. The predicted molar refractivity (Wildman–Crippen MR) is 80.0 cm³/mol. The molecule has 21 heavy (non-hydrogen) atoms. The summed E-state index contributed by atoms with van der Waals surface area (Å²) in [7, 11) is -3.55. The van der Waals surface area contributed by atoms with Crippen molar-refractivity contribution < 1.29 is 13.2 Å². The lowest BCUT2D eigenvalue weighted by atomic mass is 10.1. The molecule has 1 amide bonds. The molecule has 0 aliphatic heterocycles. The van der Waals surface area contributed by atoms with Gasteiger partial charge in [0.1, 0.15) is 0 Å². The second-order valence-corrected chi connectivity index (χ2v) is 7.09. The SMILES string of the molecule is CC(N)c1ccc(S(=O)(=O)NCCNC(=O)C2CC2)cc1. The molecule has 0 radical (unpaired) electrons. The maximum atomic E-state index is 12.0. The third kappa shape index (κ3) is 4.52. The average molecular weight is 311 g/mol. The molecule has 7 heteroatoms. The van der Waals surface area contributed by atoms with Gasteiger partial charge < -0.3 is 11.1 Å². The topological polar surface area (TPSA) is 101 Å². The van der Waals surface area contributed by atoms with E-state index in [1.165, 1.54) is 12.1 Å². The van der Waals surface area contributed by atoms with Gasteiger partial charge in [-0.15, -0.1) is 0 Å². The van der Waals surface area contributed by atoms with Crippen molar-refractivity contribution in [1.82, 2.24) is 10.0 Å². The Hall–Kier alpha value is -1.44. The van der Waals surface area contributed by atoms with E-state index < -0.39 is 10.0 Å². The lowest BCUT2D eigenvalue weighted by molar-refractivity contribution is -0.122. The van der Waals surface area contributed by atoms with Crippen LogP contribution < -0.4 is 15.8 Å². The van der Waals surface area contributed by atoms with E-state index in [4.69, 9.17) is 5.73 Å². The maximum absolute atomic E-state index is 12.0. The Labute approximate surface area is 125 Å². The summed E-state index contributed by atoms with van der Waals surface area (Å²) in [5.41, 5.74) is 6.60. The Bertz CT molecular complexity index is 592. The van der Waals surface area contributed by atoms with Gasteiger partial charge in [0.05, 0.1) is 4.90 Å². The lowest BCUT2D eigenvalue weighted by Crippen LogP contribution is -2.35. The van der Waals surface area contributed by atoms with E-state index in [1.54, 1.807) is 12.1 Å². The molecule has 1 aromatic rings. The van der Waals surface area contributed by atoms with Crippen molar-refractivity contribution in [3.05, 3.63) is 29.8 Å². The van der Waals surface area contributed by atoms with Gasteiger partial charge >= 0.3 is 0 Å². The number of carbonyl (C=O) groups is 1. The van der Waals surface area contributed by atoms with Gasteiger partial charge in [0.25, 0.3) is 0 Å². The Kier molecular flexibility index (Phi) is 4.97. The van der Waals surface area contributed by atoms with Crippen molar-refractivity contribution in [3.63, 3.8) is 0 Å². The van der Waals surface area contributed by atoms with Crippen LogP contribution in [0.3, 0.4) is 0 Å². The van der Waals surface area contributed by atoms with E-state index in [1.807, 2.05) is 6.92 Å². The van der Waals surface area contributed by atoms with Crippen molar-refractivity contribution in [2.45, 2.75) is 30.7 Å². The highest BCUT2D eigenvalue weighted by Crippen LogP contribution is 2.28. The van der Waals surface area contributed by atoms with Crippen LogP contribution in [-0.2, 0) is 14.8 Å². The number of hydrogen-bond donors (Lipinski definition) is 3. The minimum absolute atomic E-state index is 0.00971. The van der Waals surface area contributed by atoms with Gasteiger partial charge in [0.15, 0.2) is 0 Å². The molecule has 4 N–H and O–H groups in total. The minimum atomic E-state index is -3.55. The molecule has 0 bridgehead atoms. The zero-order valence-corrected chi connectivity index (χ0v) is 12.8. The Morgan fingerprint density at radius 3 is 2.43 bits per heavy atom. The molecule has 0 aromatic heterocycles. The standard InChI is InChI=1S/C14H21N3O3S/c1-10(15)11-4-6-13(7-5-11)21(19,20)17-9-8-16-14(18)12-2-3-12/h4-7,10,12,17H,2-3,8-9,15H2,1H3,(H,16,18). The van der Waals surface area contributed by atoms with Crippen LogP contribution in [0.1, 0.15) is 31.4 Å². The summed E-state index contributed by atoms with van der Waals surface area (Å²) in [6.07, 6.45) is 1.87. The average Bonchev–Trinajstić information content (AvgIpc) is 3.28. The van der Waals surface area contributed by atoms with Gasteiger partial charge in [-0.2, -0.15) is 0 Å². The third-order valence-electron chi connectivity index (χ3n) is 3.38. The number of hydrogen-bond acceptors (Lipinski definition) is 4.